The summed E-state index contributed by atoms with van der Waals surface area (Å²) >= 11 is 1.88. The van der Waals surface area contributed by atoms with Crippen molar-refractivity contribution in [2.24, 2.45) is 4.99 Å². The molecule has 0 aromatic carbocycles. The van der Waals surface area contributed by atoms with Crippen LogP contribution in [0.4, 0.5) is 0 Å². The van der Waals surface area contributed by atoms with E-state index in [0.29, 0.717) is 6.04 Å². The third kappa shape index (κ3) is 6.39. The summed E-state index contributed by atoms with van der Waals surface area (Å²) in [6, 6.07) is 4.81. The Bertz CT molecular complexity index is 651. The minimum Gasteiger partial charge on any atom is -0.379 e. The molecule has 2 fully saturated rings. The van der Waals surface area contributed by atoms with Crippen LogP contribution in [0.15, 0.2) is 17.1 Å². The summed E-state index contributed by atoms with van der Waals surface area (Å²) in [5.41, 5.74) is 0.0515. The molecule has 0 radical (unpaired) electrons. The van der Waals surface area contributed by atoms with Crippen LogP contribution in [0.25, 0.3) is 0 Å². The van der Waals surface area contributed by atoms with Gasteiger partial charge in [0, 0.05) is 61.6 Å². The number of nitrogens with zero attached hydrogens (tertiary/aromatic N) is 3. The molecule has 1 aromatic rings. The van der Waals surface area contributed by atoms with E-state index >= 15 is 0 Å². The van der Waals surface area contributed by atoms with Gasteiger partial charge in [0.05, 0.1) is 32.5 Å². The largest absolute Gasteiger partial charge is 0.379 e. The zero-order valence-electron chi connectivity index (χ0n) is 18.4. The maximum atomic E-state index is 5.56. The van der Waals surface area contributed by atoms with Crippen LogP contribution in [-0.2, 0) is 9.47 Å². The average Bonchev–Trinajstić information content (AvgIpc) is 3.18. The first-order valence-electron chi connectivity index (χ1n) is 10.6. The number of rotatable bonds is 7. The van der Waals surface area contributed by atoms with Crippen LogP contribution in [0.3, 0.4) is 0 Å². The van der Waals surface area contributed by atoms with Crippen LogP contribution in [0.1, 0.15) is 29.6 Å². The number of hydrogen-bond acceptors (Lipinski definition) is 6. The number of nitrogens with one attached hydrogen (secondary N) is 2. The Morgan fingerprint density at radius 3 is 2.34 bits per heavy atom. The lowest BCUT2D eigenvalue weighted by Crippen LogP contribution is -2.56. The van der Waals surface area contributed by atoms with Crippen LogP contribution < -0.4 is 10.6 Å². The molecule has 1 unspecified atom stereocenters. The molecule has 2 aliphatic rings. The molecule has 0 amide bonds. The van der Waals surface area contributed by atoms with Gasteiger partial charge in [0.2, 0.25) is 0 Å². The van der Waals surface area contributed by atoms with Crippen LogP contribution in [0, 0.1) is 6.92 Å². The van der Waals surface area contributed by atoms with E-state index in [9.17, 15) is 0 Å². The highest BCUT2D eigenvalue weighted by molar-refractivity contribution is 7.12. The van der Waals surface area contributed by atoms with Gasteiger partial charge in [-0.2, -0.15) is 0 Å². The van der Waals surface area contributed by atoms with Crippen molar-refractivity contribution in [3.8, 4) is 0 Å². The Morgan fingerprint density at radius 2 is 1.76 bits per heavy atom. The monoisotopic (exact) mass is 423 g/mol. The molecule has 2 N–H and O–H groups in total. The maximum absolute atomic E-state index is 5.56. The van der Waals surface area contributed by atoms with Crippen molar-refractivity contribution < 1.29 is 9.47 Å². The van der Waals surface area contributed by atoms with Crippen LogP contribution >= 0.6 is 11.3 Å². The number of hydrogen-bond donors (Lipinski definition) is 2. The highest BCUT2D eigenvalue weighted by Gasteiger charge is 2.29. The fraction of sp³-hybridized carbons (Fsp3) is 0.762. The summed E-state index contributed by atoms with van der Waals surface area (Å²) in [7, 11) is 1.84. The molecule has 0 bridgehead atoms. The topological polar surface area (TPSA) is 61.4 Å². The molecule has 3 heterocycles. The summed E-state index contributed by atoms with van der Waals surface area (Å²) in [5, 5.41) is 7.11. The van der Waals surface area contributed by atoms with Gasteiger partial charge in [0.25, 0.3) is 0 Å². The third-order valence-corrected chi connectivity index (χ3v) is 6.92. The van der Waals surface area contributed by atoms with E-state index in [1.807, 2.05) is 18.4 Å². The number of ether oxygens (including phenoxy) is 2. The van der Waals surface area contributed by atoms with Crippen molar-refractivity contribution in [3.63, 3.8) is 0 Å². The van der Waals surface area contributed by atoms with Crippen LogP contribution in [0.2, 0.25) is 0 Å². The molecule has 7 nitrogen and oxygen atoms in total. The molecule has 2 aliphatic heterocycles. The average molecular weight is 424 g/mol. The van der Waals surface area contributed by atoms with E-state index < -0.39 is 0 Å². The fourth-order valence-corrected chi connectivity index (χ4v) is 4.94. The molecular weight excluding hydrogens is 386 g/mol. The molecule has 164 valence electrons. The predicted octanol–water partition coefficient (Wildman–Crippen LogP) is 1.71. The van der Waals surface area contributed by atoms with Gasteiger partial charge in [-0.25, -0.2) is 0 Å². The van der Waals surface area contributed by atoms with Crippen molar-refractivity contribution in [1.82, 2.24) is 20.4 Å². The molecule has 0 spiro atoms. The minimum atomic E-state index is 0.0515. The summed E-state index contributed by atoms with van der Waals surface area (Å²) in [6.07, 6.45) is 0. The number of morpholine rings is 2. The summed E-state index contributed by atoms with van der Waals surface area (Å²) in [4.78, 5) is 12.2. The standard InChI is InChI=1S/C21H37N5O2S/c1-17-5-6-19(29-17)18(25-7-11-27-12-8-25)15-23-20(22-4)24-16-21(2,3)26-9-13-28-14-10-26/h5-6,18H,7-16H2,1-4H3,(H2,22,23,24). The Kier molecular flexibility index (Phi) is 8.32. The summed E-state index contributed by atoms with van der Waals surface area (Å²) in [5.74, 6) is 0.859. The quantitative estimate of drug-likeness (QED) is 0.514. The van der Waals surface area contributed by atoms with Gasteiger partial charge in [-0.3, -0.25) is 14.8 Å². The lowest BCUT2D eigenvalue weighted by atomic mass is 10.0. The lowest BCUT2D eigenvalue weighted by Gasteiger charge is -2.41. The first-order valence-corrected chi connectivity index (χ1v) is 11.5. The van der Waals surface area contributed by atoms with E-state index in [-0.39, 0.29) is 5.54 Å². The highest BCUT2D eigenvalue weighted by atomic mass is 32.1. The van der Waals surface area contributed by atoms with E-state index in [1.54, 1.807) is 0 Å². The highest BCUT2D eigenvalue weighted by Crippen LogP contribution is 2.27. The van der Waals surface area contributed by atoms with Gasteiger partial charge in [-0.1, -0.05) is 0 Å². The zero-order valence-corrected chi connectivity index (χ0v) is 19.2. The SMILES string of the molecule is CN=C(NCC(c1ccc(C)s1)N1CCOCC1)NCC(C)(C)N1CCOCC1. The van der Waals surface area contributed by atoms with Crippen molar-refractivity contribution in [1.29, 1.82) is 0 Å². The van der Waals surface area contributed by atoms with Gasteiger partial charge in [-0.05, 0) is 32.9 Å². The lowest BCUT2D eigenvalue weighted by molar-refractivity contribution is -0.00836. The Morgan fingerprint density at radius 1 is 1.10 bits per heavy atom. The Balaban J connectivity index is 1.56. The van der Waals surface area contributed by atoms with Crippen molar-refractivity contribution in [2.75, 3.05) is 72.7 Å². The van der Waals surface area contributed by atoms with Gasteiger partial charge < -0.3 is 20.1 Å². The van der Waals surface area contributed by atoms with E-state index in [0.717, 1.165) is 71.7 Å². The van der Waals surface area contributed by atoms with Gasteiger partial charge >= 0.3 is 0 Å². The first-order chi connectivity index (χ1) is 14.0. The predicted molar refractivity (Wildman–Crippen MR) is 120 cm³/mol. The maximum Gasteiger partial charge on any atom is 0.191 e. The van der Waals surface area contributed by atoms with E-state index in [4.69, 9.17) is 9.47 Å². The number of thiophene rings is 1. The van der Waals surface area contributed by atoms with Gasteiger partial charge in [0.1, 0.15) is 0 Å². The van der Waals surface area contributed by atoms with Crippen molar-refractivity contribution in [2.45, 2.75) is 32.4 Å². The first kappa shape index (κ1) is 22.5. The van der Waals surface area contributed by atoms with Crippen LogP contribution in [0.5, 0.6) is 0 Å². The molecule has 3 rings (SSSR count). The second-order valence-corrected chi connectivity index (χ2v) is 9.65. The fourth-order valence-electron chi connectivity index (χ4n) is 3.93. The minimum absolute atomic E-state index is 0.0515. The molecular formula is C21H37N5O2S. The number of guanidine groups is 1. The smallest absolute Gasteiger partial charge is 0.191 e. The molecule has 8 heteroatoms. The third-order valence-electron chi connectivity index (χ3n) is 5.82. The van der Waals surface area contributed by atoms with E-state index in [1.165, 1.54) is 9.75 Å². The second kappa shape index (κ2) is 10.7. The molecule has 1 aromatic heterocycles. The molecule has 2 saturated heterocycles. The molecule has 0 aliphatic carbocycles. The summed E-state index contributed by atoms with van der Waals surface area (Å²) < 4.78 is 11.1. The normalized spacial score (nSPS) is 21.2. The van der Waals surface area contributed by atoms with Gasteiger partial charge in [-0.15, -0.1) is 11.3 Å². The zero-order chi connectivity index (χ0) is 20.7. The van der Waals surface area contributed by atoms with Crippen LogP contribution in [-0.4, -0.2) is 94.0 Å². The molecule has 29 heavy (non-hydrogen) atoms. The Hall–Kier alpha value is -1.19. The van der Waals surface area contributed by atoms with Crippen molar-refractivity contribution >= 4 is 17.3 Å². The van der Waals surface area contributed by atoms with E-state index in [2.05, 4.69) is 58.3 Å². The number of aryl methyl sites for hydroxylation is 1. The molecule has 1 atom stereocenters. The molecule has 0 saturated carbocycles. The second-order valence-electron chi connectivity index (χ2n) is 8.33. The van der Waals surface area contributed by atoms with Gasteiger partial charge in [0.15, 0.2) is 5.96 Å². The summed E-state index contributed by atoms with van der Waals surface area (Å²) in [6.45, 7) is 15.6. The Labute approximate surface area is 179 Å². The number of aliphatic imine (C=N–C) groups is 1. The van der Waals surface area contributed by atoms with Crippen molar-refractivity contribution in [3.05, 3.63) is 21.9 Å².